The lowest BCUT2D eigenvalue weighted by molar-refractivity contribution is -0.139. The summed E-state index contributed by atoms with van der Waals surface area (Å²) in [6.45, 7) is 13.8. The molecular weight excluding hydrogens is 422 g/mol. The Hall–Kier alpha value is -1.55. The predicted molar refractivity (Wildman–Crippen MR) is 131 cm³/mol. The highest BCUT2D eigenvalue weighted by Crippen LogP contribution is 2.21. The second-order valence-corrected chi connectivity index (χ2v) is 9.54. The van der Waals surface area contributed by atoms with Crippen LogP contribution >= 0.6 is 0 Å². The van der Waals surface area contributed by atoms with Gasteiger partial charge in [-0.15, -0.1) is 0 Å². The van der Waals surface area contributed by atoms with Crippen LogP contribution in [-0.2, 0) is 19.1 Å². The van der Waals surface area contributed by atoms with Crippen LogP contribution < -0.4 is 10.6 Å². The molecule has 0 aliphatic carbocycles. The SMILES string of the molecule is CCC(C)C(C(CC=O)OC)N(C)C(=O)CNC(=O)C(C(C)C)N(C)CCN1CCNCC1. The first-order valence-corrected chi connectivity index (χ1v) is 12.3. The van der Waals surface area contributed by atoms with Crippen molar-refractivity contribution < 1.29 is 19.1 Å². The van der Waals surface area contributed by atoms with Crippen LogP contribution in [0.5, 0.6) is 0 Å². The van der Waals surface area contributed by atoms with E-state index in [1.54, 1.807) is 19.1 Å². The summed E-state index contributed by atoms with van der Waals surface area (Å²) in [6.07, 6.45) is 1.53. The van der Waals surface area contributed by atoms with E-state index < -0.39 is 0 Å². The van der Waals surface area contributed by atoms with E-state index in [9.17, 15) is 14.4 Å². The van der Waals surface area contributed by atoms with Gasteiger partial charge in [-0.05, 0) is 18.9 Å². The van der Waals surface area contributed by atoms with Gasteiger partial charge in [0.2, 0.25) is 11.8 Å². The second kappa shape index (κ2) is 15.4. The molecule has 1 rings (SSSR count). The van der Waals surface area contributed by atoms with Gasteiger partial charge in [0.15, 0.2) is 0 Å². The van der Waals surface area contributed by atoms with Crippen molar-refractivity contribution in [3.8, 4) is 0 Å². The van der Waals surface area contributed by atoms with Crippen LogP contribution in [0.2, 0.25) is 0 Å². The highest BCUT2D eigenvalue weighted by atomic mass is 16.5. The minimum Gasteiger partial charge on any atom is -0.379 e. The van der Waals surface area contributed by atoms with E-state index >= 15 is 0 Å². The normalized spacial score (nSPS) is 18.6. The summed E-state index contributed by atoms with van der Waals surface area (Å²) in [5.41, 5.74) is 0. The molecule has 0 radical (unpaired) electrons. The van der Waals surface area contributed by atoms with Crippen LogP contribution in [0.15, 0.2) is 0 Å². The molecule has 33 heavy (non-hydrogen) atoms. The highest BCUT2D eigenvalue weighted by molar-refractivity contribution is 5.87. The Morgan fingerprint density at radius 3 is 2.33 bits per heavy atom. The number of hydrogen-bond donors (Lipinski definition) is 2. The maximum atomic E-state index is 13.0. The third kappa shape index (κ3) is 9.31. The number of methoxy groups -OCH3 is 1. The molecule has 0 spiro atoms. The lowest BCUT2D eigenvalue weighted by Gasteiger charge is -2.37. The maximum absolute atomic E-state index is 13.0. The van der Waals surface area contributed by atoms with Crippen molar-refractivity contribution >= 4 is 18.1 Å². The molecular formula is C24H47N5O4. The van der Waals surface area contributed by atoms with Gasteiger partial charge < -0.3 is 25.1 Å². The lowest BCUT2D eigenvalue weighted by atomic mass is 9.91. The van der Waals surface area contributed by atoms with Gasteiger partial charge in [-0.3, -0.25) is 19.4 Å². The maximum Gasteiger partial charge on any atom is 0.242 e. The Morgan fingerprint density at radius 1 is 1.18 bits per heavy atom. The molecule has 1 fully saturated rings. The third-order valence-electron chi connectivity index (χ3n) is 6.85. The predicted octanol–water partition coefficient (Wildman–Crippen LogP) is 0.441. The van der Waals surface area contributed by atoms with E-state index in [0.29, 0.717) is 0 Å². The van der Waals surface area contributed by atoms with Gasteiger partial charge >= 0.3 is 0 Å². The van der Waals surface area contributed by atoms with Gasteiger partial charge in [-0.25, -0.2) is 0 Å². The van der Waals surface area contributed by atoms with Gasteiger partial charge in [-0.1, -0.05) is 34.1 Å². The first-order valence-electron chi connectivity index (χ1n) is 12.3. The van der Waals surface area contributed by atoms with E-state index in [0.717, 1.165) is 52.0 Å². The molecule has 2 N–H and O–H groups in total. The summed E-state index contributed by atoms with van der Waals surface area (Å²) in [7, 11) is 5.26. The number of rotatable bonds is 15. The number of ether oxygens (including phenoxy) is 1. The van der Waals surface area contributed by atoms with Crippen LogP contribution in [-0.4, -0.2) is 118 Å². The molecule has 4 unspecified atom stereocenters. The highest BCUT2D eigenvalue weighted by Gasteiger charge is 2.33. The third-order valence-corrected chi connectivity index (χ3v) is 6.85. The quantitative estimate of drug-likeness (QED) is 0.336. The van der Waals surface area contributed by atoms with Crippen molar-refractivity contribution in [2.24, 2.45) is 11.8 Å². The van der Waals surface area contributed by atoms with E-state index in [-0.39, 0.29) is 54.8 Å². The molecule has 0 aromatic rings. The minimum atomic E-state index is -0.373. The van der Waals surface area contributed by atoms with Crippen LogP contribution in [0.4, 0.5) is 0 Å². The zero-order valence-electron chi connectivity index (χ0n) is 21.8. The number of nitrogens with zero attached hydrogens (tertiary/aromatic N) is 3. The molecule has 9 heteroatoms. The fraction of sp³-hybridized carbons (Fsp3) is 0.875. The first kappa shape index (κ1) is 29.5. The molecule has 1 heterocycles. The van der Waals surface area contributed by atoms with E-state index in [2.05, 4.69) is 27.4 Å². The molecule has 0 aromatic carbocycles. The summed E-state index contributed by atoms with van der Waals surface area (Å²) in [5.74, 6) is -0.0540. The van der Waals surface area contributed by atoms with E-state index in [1.165, 1.54) is 0 Å². The largest absolute Gasteiger partial charge is 0.379 e. The Labute approximate surface area is 200 Å². The Morgan fingerprint density at radius 2 is 1.82 bits per heavy atom. The number of piperazine rings is 1. The zero-order valence-corrected chi connectivity index (χ0v) is 21.8. The smallest absolute Gasteiger partial charge is 0.242 e. The van der Waals surface area contributed by atoms with Crippen molar-refractivity contribution in [3.63, 3.8) is 0 Å². The number of nitrogens with one attached hydrogen (secondary N) is 2. The van der Waals surface area contributed by atoms with Gasteiger partial charge in [0.25, 0.3) is 0 Å². The van der Waals surface area contributed by atoms with Gasteiger partial charge in [0, 0.05) is 59.8 Å². The van der Waals surface area contributed by atoms with Crippen molar-refractivity contribution in [3.05, 3.63) is 0 Å². The molecule has 192 valence electrons. The average molecular weight is 470 g/mol. The Bertz CT molecular complexity index is 597. The number of carbonyl (C=O) groups is 3. The number of hydrogen-bond acceptors (Lipinski definition) is 7. The fourth-order valence-electron chi connectivity index (χ4n) is 4.65. The van der Waals surface area contributed by atoms with Gasteiger partial charge in [-0.2, -0.15) is 0 Å². The summed E-state index contributed by atoms with van der Waals surface area (Å²) in [4.78, 5) is 43.2. The molecule has 0 saturated carbocycles. The number of aldehydes is 1. The van der Waals surface area contributed by atoms with E-state index in [4.69, 9.17) is 4.74 Å². The fourth-order valence-corrected chi connectivity index (χ4v) is 4.65. The Balaban J connectivity index is 2.71. The number of amides is 2. The van der Waals surface area contributed by atoms with Crippen molar-refractivity contribution in [1.29, 1.82) is 0 Å². The summed E-state index contributed by atoms with van der Waals surface area (Å²) >= 11 is 0. The van der Waals surface area contributed by atoms with Crippen LogP contribution in [0, 0.1) is 11.8 Å². The first-order chi connectivity index (χ1) is 15.7. The summed E-state index contributed by atoms with van der Waals surface area (Å²) < 4.78 is 5.52. The molecule has 0 aromatic heterocycles. The summed E-state index contributed by atoms with van der Waals surface area (Å²) in [5, 5.41) is 6.21. The van der Waals surface area contributed by atoms with Crippen LogP contribution in [0.25, 0.3) is 0 Å². The minimum absolute atomic E-state index is 0.0748. The van der Waals surface area contributed by atoms with Gasteiger partial charge in [0.05, 0.1) is 24.7 Å². The lowest BCUT2D eigenvalue weighted by Crippen LogP contribution is -2.55. The molecule has 1 saturated heterocycles. The van der Waals surface area contributed by atoms with Crippen molar-refractivity contribution in [2.45, 2.75) is 58.7 Å². The number of likely N-dealkylation sites (N-methyl/N-ethyl adjacent to an activating group) is 2. The topological polar surface area (TPSA) is 94.2 Å². The van der Waals surface area contributed by atoms with Crippen LogP contribution in [0.3, 0.4) is 0 Å². The van der Waals surface area contributed by atoms with Crippen molar-refractivity contribution in [2.75, 3.05) is 67.0 Å². The Kier molecular flexibility index (Phi) is 13.7. The molecule has 1 aliphatic rings. The molecule has 1 aliphatic heterocycles. The standard InChI is InChI=1S/C24H47N5O4/c1-8-19(4)23(20(33-7)9-16-30)28(6)21(31)17-26-24(32)22(18(2)3)27(5)14-15-29-12-10-25-11-13-29/h16,18-20,22-23,25H,8-15,17H2,1-7H3,(H,26,32). The molecule has 4 atom stereocenters. The average Bonchev–Trinajstić information content (AvgIpc) is 2.80. The molecule has 2 amide bonds. The second-order valence-electron chi connectivity index (χ2n) is 9.54. The van der Waals surface area contributed by atoms with Gasteiger partial charge in [0.1, 0.15) is 6.29 Å². The molecule has 9 nitrogen and oxygen atoms in total. The monoisotopic (exact) mass is 469 g/mol. The zero-order chi connectivity index (χ0) is 25.0. The number of carbonyl (C=O) groups excluding carboxylic acids is 3. The molecule has 0 bridgehead atoms. The summed E-state index contributed by atoms with van der Waals surface area (Å²) in [6, 6.07) is -0.546. The van der Waals surface area contributed by atoms with Crippen molar-refractivity contribution in [1.82, 2.24) is 25.3 Å². The van der Waals surface area contributed by atoms with E-state index in [1.807, 2.05) is 27.8 Å². The van der Waals surface area contributed by atoms with Crippen LogP contribution in [0.1, 0.15) is 40.5 Å².